The van der Waals surface area contributed by atoms with Gasteiger partial charge in [-0.1, -0.05) is 53.3 Å². The molecule has 0 aromatic rings. The number of carbonyl (C=O) groups excluding carboxylic acids is 3. The average Bonchev–Trinajstić information content (AvgIpc) is 3.42. The second-order valence-electron chi connectivity index (χ2n) is 13.0. The molecule has 3 saturated heterocycles. The van der Waals surface area contributed by atoms with Crippen molar-refractivity contribution in [3.8, 4) is 0 Å². The van der Waals surface area contributed by atoms with Crippen molar-refractivity contribution in [1.82, 2.24) is 9.80 Å². The number of esters is 1. The quantitative estimate of drug-likeness (QED) is 0.333. The second-order valence-corrected chi connectivity index (χ2v) is 13.0. The molecule has 0 saturated carbocycles. The molecule has 0 aliphatic carbocycles. The Bertz CT molecular complexity index is 922. The molecule has 2 amide bonds. The van der Waals surface area contributed by atoms with Gasteiger partial charge in [0.1, 0.15) is 18.2 Å². The van der Waals surface area contributed by atoms with Crippen LogP contribution in [0.5, 0.6) is 0 Å². The number of amides is 2. The van der Waals surface area contributed by atoms with E-state index in [0.29, 0.717) is 19.4 Å². The molecule has 1 N–H and O–H groups in total. The zero-order valence-electron chi connectivity index (χ0n) is 23.7. The lowest BCUT2D eigenvalue weighted by molar-refractivity contribution is -0.158. The third-order valence-electron chi connectivity index (χ3n) is 8.17. The lowest BCUT2D eigenvalue weighted by Crippen LogP contribution is -2.63. The number of likely N-dealkylation sites (tertiary alicyclic amines) is 1. The number of aliphatic hydroxyl groups excluding tert-OH is 1. The average molecular weight is 519 g/mol. The molecule has 2 bridgehead atoms. The summed E-state index contributed by atoms with van der Waals surface area (Å²) in [5, 5.41) is 10.4. The fourth-order valence-corrected chi connectivity index (χ4v) is 7.16. The molecule has 3 rings (SSSR count). The van der Waals surface area contributed by atoms with E-state index in [9.17, 15) is 19.5 Å². The molecule has 8 nitrogen and oxygen atoms in total. The predicted octanol–water partition coefficient (Wildman–Crippen LogP) is 3.34. The Labute approximate surface area is 222 Å². The van der Waals surface area contributed by atoms with E-state index >= 15 is 0 Å². The van der Waals surface area contributed by atoms with Gasteiger partial charge in [-0.3, -0.25) is 14.4 Å². The van der Waals surface area contributed by atoms with Gasteiger partial charge in [0.15, 0.2) is 0 Å². The fraction of sp³-hybridized carbons (Fsp3) is 0.759. The Morgan fingerprint density at radius 2 is 1.89 bits per heavy atom. The van der Waals surface area contributed by atoms with Gasteiger partial charge in [-0.25, -0.2) is 0 Å². The fourth-order valence-electron chi connectivity index (χ4n) is 7.16. The number of nitrogens with zero attached hydrogens (tertiary/aromatic N) is 2. The minimum absolute atomic E-state index is 0.0431. The summed E-state index contributed by atoms with van der Waals surface area (Å²) in [4.78, 5) is 45.2. The number of hydrogen-bond acceptors (Lipinski definition) is 6. The molecule has 3 aliphatic rings. The molecule has 0 aromatic carbocycles. The lowest BCUT2D eigenvalue weighted by atomic mass is 9.70. The summed E-state index contributed by atoms with van der Waals surface area (Å²) >= 11 is 0. The minimum atomic E-state index is -1.14. The van der Waals surface area contributed by atoms with Gasteiger partial charge in [-0.2, -0.15) is 0 Å². The summed E-state index contributed by atoms with van der Waals surface area (Å²) in [5.74, 6) is -2.78. The highest BCUT2D eigenvalue weighted by Crippen LogP contribution is 2.59. The van der Waals surface area contributed by atoms with E-state index < -0.39 is 47.1 Å². The molecule has 2 unspecified atom stereocenters. The van der Waals surface area contributed by atoms with E-state index in [4.69, 9.17) is 9.47 Å². The molecule has 208 valence electrons. The topological polar surface area (TPSA) is 96.4 Å². The van der Waals surface area contributed by atoms with Crippen LogP contribution in [0.1, 0.15) is 67.7 Å². The van der Waals surface area contributed by atoms with Crippen LogP contribution in [0.3, 0.4) is 0 Å². The smallest absolute Gasteiger partial charge is 0.312 e. The van der Waals surface area contributed by atoms with Crippen LogP contribution in [0.25, 0.3) is 0 Å². The maximum Gasteiger partial charge on any atom is 0.312 e. The van der Waals surface area contributed by atoms with Gasteiger partial charge in [0.25, 0.3) is 0 Å². The Balaban J connectivity index is 2.13. The molecule has 1 spiro atoms. The predicted molar refractivity (Wildman–Crippen MR) is 141 cm³/mol. The number of hydrogen-bond donors (Lipinski definition) is 1. The van der Waals surface area contributed by atoms with Gasteiger partial charge >= 0.3 is 5.97 Å². The van der Waals surface area contributed by atoms with E-state index in [1.54, 1.807) is 11.0 Å². The minimum Gasteiger partial charge on any atom is -0.461 e. The summed E-state index contributed by atoms with van der Waals surface area (Å²) < 4.78 is 11.9. The first-order valence-corrected chi connectivity index (χ1v) is 13.5. The number of rotatable bonds is 11. The first-order valence-electron chi connectivity index (χ1n) is 13.5. The summed E-state index contributed by atoms with van der Waals surface area (Å²) in [6, 6.07) is -1.55. The molecular formula is C29H46N2O6. The van der Waals surface area contributed by atoms with Crippen LogP contribution in [0, 0.1) is 23.2 Å². The molecule has 3 fully saturated rings. The molecule has 8 heteroatoms. The van der Waals surface area contributed by atoms with E-state index in [0.717, 1.165) is 6.42 Å². The highest BCUT2D eigenvalue weighted by Gasteiger charge is 2.76. The van der Waals surface area contributed by atoms with Crippen LogP contribution < -0.4 is 0 Å². The van der Waals surface area contributed by atoms with Crippen molar-refractivity contribution in [2.45, 2.75) is 97.1 Å². The normalized spacial score (nSPS) is 29.9. The zero-order valence-corrected chi connectivity index (χ0v) is 23.7. The van der Waals surface area contributed by atoms with Crippen LogP contribution in [0.4, 0.5) is 0 Å². The molecule has 6 atom stereocenters. The lowest BCUT2D eigenvalue weighted by Gasteiger charge is -2.46. The van der Waals surface area contributed by atoms with Crippen LogP contribution >= 0.6 is 0 Å². The van der Waals surface area contributed by atoms with Gasteiger partial charge < -0.3 is 24.4 Å². The van der Waals surface area contributed by atoms with Crippen molar-refractivity contribution in [3.63, 3.8) is 0 Å². The van der Waals surface area contributed by atoms with Gasteiger partial charge in [0, 0.05) is 12.1 Å². The third-order valence-corrected chi connectivity index (χ3v) is 8.17. The van der Waals surface area contributed by atoms with Crippen LogP contribution in [-0.2, 0) is 23.9 Å². The molecule has 3 aliphatic heterocycles. The number of fused-ring (bicyclic) bond motifs is 1. The van der Waals surface area contributed by atoms with E-state index in [1.165, 1.54) is 11.0 Å². The monoisotopic (exact) mass is 518 g/mol. The van der Waals surface area contributed by atoms with Crippen molar-refractivity contribution >= 4 is 17.8 Å². The highest BCUT2D eigenvalue weighted by atomic mass is 16.6. The van der Waals surface area contributed by atoms with Gasteiger partial charge in [0.2, 0.25) is 11.8 Å². The molecular weight excluding hydrogens is 472 g/mol. The van der Waals surface area contributed by atoms with Crippen molar-refractivity contribution < 1.29 is 29.0 Å². The SMILES string of the molecule is C=CCOC(=O)[C@@H]1[C@H]2C(=O)N([C@@H](CO)C(C)C)C(C(=O)N(CC=C)C(C)(C)CC(C)(C)C)C23CC[C@H]1O3. The van der Waals surface area contributed by atoms with Crippen LogP contribution in [0.2, 0.25) is 0 Å². The van der Waals surface area contributed by atoms with E-state index in [1.807, 2.05) is 27.7 Å². The zero-order chi connectivity index (χ0) is 27.9. The standard InChI is InChI=1S/C29H46N2O6/c1-10-14-30(28(8,9)17-27(5,6)7)25(34)23-29-13-12-20(37-29)21(26(35)36-15-11-2)22(29)24(33)31(23)19(16-32)18(3)4/h10-11,18-23,32H,1-2,12-17H2,3-9H3/t19-,20+,21-,22-,23?,29?/m0/s1. The first-order chi connectivity index (χ1) is 17.2. The van der Waals surface area contributed by atoms with Crippen molar-refractivity contribution in [1.29, 1.82) is 0 Å². The largest absolute Gasteiger partial charge is 0.461 e. The van der Waals surface area contributed by atoms with E-state index in [-0.39, 0.29) is 36.4 Å². The van der Waals surface area contributed by atoms with Gasteiger partial charge in [0.05, 0.1) is 30.6 Å². The van der Waals surface area contributed by atoms with Gasteiger partial charge in [-0.15, -0.1) is 6.58 Å². The highest BCUT2D eigenvalue weighted by molar-refractivity contribution is 5.98. The molecule has 3 heterocycles. The summed E-state index contributed by atoms with van der Waals surface area (Å²) in [6.07, 6.45) is 4.49. The maximum absolute atomic E-state index is 14.6. The maximum atomic E-state index is 14.6. The van der Waals surface area contributed by atoms with Crippen LogP contribution in [-0.4, -0.2) is 81.8 Å². The second kappa shape index (κ2) is 10.5. The van der Waals surface area contributed by atoms with Crippen molar-refractivity contribution in [2.75, 3.05) is 19.8 Å². The summed E-state index contributed by atoms with van der Waals surface area (Å²) in [5.41, 5.74) is -1.74. The third kappa shape index (κ3) is 5.11. The molecule has 0 radical (unpaired) electrons. The summed E-state index contributed by atoms with van der Waals surface area (Å²) in [6.45, 7) is 21.8. The first kappa shape index (κ1) is 29.4. The number of carbonyl (C=O) groups is 3. The Morgan fingerprint density at radius 1 is 1.24 bits per heavy atom. The number of ether oxygens (including phenoxy) is 2. The van der Waals surface area contributed by atoms with Gasteiger partial charge in [-0.05, 0) is 44.4 Å². The molecule has 37 heavy (non-hydrogen) atoms. The van der Waals surface area contributed by atoms with Crippen molar-refractivity contribution in [3.05, 3.63) is 25.3 Å². The Kier molecular flexibility index (Phi) is 8.35. The molecule has 0 aromatic heterocycles. The Hall–Kier alpha value is -2.19. The number of aliphatic hydroxyl groups is 1. The Morgan fingerprint density at radius 3 is 2.41 bits per heavy atom. The summed E-state index contributed by atoms with van der Waals surface area (Å²) in [7, 11) is 0. The van der Waals surface area contributed by atoms with Crippen LogP contribution in [0.15, 0.2) is 25.3 Å². The van der Waals surface area contributed by atoms with E-state index in [2.05, 4.69) is 33.9 Å². The van der Waals surface area contributed by atoms with Crippen molar-refractivity contribution in [2.24, 2.45) is 23.2 Å².